The zero-order valence-electron chi connectivity index (χ0n) is 18.8. The first-order valence-electron chi connectivity index (χ1n) is 11.5. The number of anilines is 1. The van der Waals surface area contributed by atoms with Gasteiger partial charge in [0.05, 0.1) is 11.4 Å². The van der Waals surface area contributed by atoms with Gasteiger partial charge >= 0.3 is 0 Å². The number of imidazole rings is 1. The van der Waals surface area contributed by atoms with Gasteiger partial charge in [0.2, 0.25) is 5.65 Å². The monoisotopic (exact) mass is 466 g/mol. The second-order valence-corrected chi connectivity index (χ2v) is 8.33. The predicted molar refractivity (Wildman–Crippen MR) is 130 cm³/mol. The molecule has 5 aromatic rings. The quantitative estimate of drug-likeness (QED) is 0.421. The van der Waals surface area contributed by atoms with Crippen molar-refractivity contribution in [2.45, 2.75) is 25.8 Å². The number of aromatic nitrogens is 5. The first kappa shape index (κ1) is 20.9. The van der Waals surface area contributed by atoms with E-state index in [9.17, 15) is 9.59 Å². The van der Waals surface area contributed by atoms with E-state index >= 15 is 0 Å². The van der Waals surface area contributed by atoms with E-state index in [1.165, 1.54) is 0 Å². The molecular formula is C26H22N6O3. The molecule has 2 aromatic carbocycles. The predicted octanol–water partition coefficient (Wildman–Crippen LogP) is 4.06. The van der Waals surface area contributed by atoms with Crippen LogP contribution in [-0.2, 0) is 13.0 Å². The lowest BCUT2D eigenvalue weighted by Crippen LogP contribution is -2.25. The SMILES string of the molecule is O=C(Nc1ccc(Oc2nccn3ccnc23)cc1)c1c2n(n(-c3ccccc3)c1=O)CCCC2. The molecule has 3 aromatic heterocycles. The third kappa shape index (κ3) is 3.76. The molecule has 1 N–H and O–H groups in total. The Kier molecular flexibility index (Phi) is 5.14. The maximum absolute atomic E-state index is 13.4. The number of nitrogens with zero attached hydrogens (tertiary/aromatic N) is 5. The van der Waals surface area contributed by atoms with Gasteiger partial charge in [0.25, 0.3) is 17.3 Å². The highest BCUT2D eigenvalue weighted by atomic mass is 16.5. The summed E-state index contributed by atoms with van der Waals surface area (Å²) in [4.78, 5) is 35.1. The highest BCUT2D eigenvalue weighted by molar-refractivity contribution is 6.05. The fourth-order valence-electron chi connectivity index (χ4n) is 4.50. The Morgan fingerprint density at radius 1 is 0.943 bits per heavy atom. The van der Waals surface area contributed by atoms with Gasteiger partial charge < -0.3 is 14.5 Å². The van der Waals surface area contributed by atoms with Crippen LogP contribution in [0.2, 0.25) is 0 Å². The smallest absolute Gasteiger partial charge is 0.284 e. The van der Waals surface area contributed by atoms with Crippen molar-refractivity contribution in [3.8, 4) is 17.3 Å². The lowest BCUT2D eigenvalue weighted by molar-refractivity contribution is 0.102. The van der Waals surface area contributed by atoms with Gasteiger partial charge in [0.1, 0.15) is 11.3 Å². The molecule has 0 atom stereocenters. The molecule has 0 spiro atoms. The second-order valence-electron chi connectivity index (χ2n) is 8.33. The van der Waals surface area contributed by atoms with Crippen LogP contribution < -0.4 is 15.6 Å². The molecule has 1 amide bonds. The van der Waals surface area contributed by atoms with E-state index in [0.717, 1.165) is 24.2 Å². The van der Waals surface area contributed by atoms with E-state index in [0.29, 0.717) is 35.9 Å². The van der Waals surface area contributed by atoms with Crippen LogP contribution in [0.1, 0.15) is 28.9 Å². The minimum Gasteiger partial charge on any atom is -0.436 e. The number of fused-ring (bicyclic) bond motifs is 2. The molecule has 9 nitrogen and oxygen atoms in total. The molecule has 0 radical (unpaired) electrons. The molecule has 0 bridgehead atoms. The topological polar surface area (TPSA) is 95.4 Å². The summed E-state index contributed by atoms with van der Waals surface area (Å²) in [6.45, 7) is 0.704. The number of amides is 1. The van der Waals surface area contributed by atoms with Crippen molar-refractivity contribution in [1.82, 2.24) is 23.7 Å². The molecule has 6 rings (SSSR count). The molecule has 9 heteroatoms. The summed E-state index contributed by atoms with van der Waals surface area (Å²) in [6.07, 6.45) is 9.53. The van der Waals surface area contributed by atoms with Crippen LogP contribution in [0, 0.1) is 0 Å². The Balaban J connectivity index is 1.26. The van der Waals surface area contributed by atoms with Crippen molar-refractivity contribution < 1.29 is 9.53 Å². The normalized spacial score (nSPS) is 12.9. The highest BCUT2D eigenvalue weighted by Crippen LogP contribution is 2.25. The van der Waals surface area contributed by atoms with Gasteiger partial charge in [0, 0.05) is 37.0 Å². The first-order valence-corrected chi connectivity index (χ1v) is 11.5. The Hall–Kier alpha value is -4.66. The van der Waals surface area contributed by atoms with Crippen LogP contribution in [0.3, 0.4) is 0 Å². The van der Waals surface area contributed by atoms with Gasteiger partial charge in [-0.1, -0.05) is 18.2 Å². The maximum atomic E-state index is 13.4. The van der Waals surface area contributed by atoms with E-state index in [1.54, 1.807) is 47.5 Å². The third-order valence-electron chi connectivity index (χ3n) is 6.11. The number of benzene rings is 2. The fourth-order valence-corrected chi connectivity index (χ4v) is 4.50. The van der Waals surface area contributed by atoms with Crippen LogP contribution in [0.4, 0.5) is 5.69 Å². The summed E-state index contributed by atoms with van der Waals surface area (Å²) in [5, 5.41) is 2.88. The van der Waals surface area contributed by atoms with Gasteiger partial charge in [-0.25, -0.2) is 14.6 Å². The van der Waals surface area contributed by atoms with E-state index < -0.39 is 5.91 Å². The molecule has 35 heavy (non-hydrogen) atoms. The average Bonchev–Trinajstić information content (AvgIpc) is 3.48. The van der Waals surface area contributed by atoms with Crippen LogP contribution >= 0.6 is 0 Å². The summed E-state index contributed by atoms with van der Waals surface area (Å²) >= 11 is 0. The fraction of sp³-hybridized carbons (Fsp3) is 0.154. The minimum absolute atomic E-state index is 0.198. The average molecular weight is 467 g/mol. The largest absolute Gasteiger partial charge is 0.436 e. The number of rotatable bonds is 5. The molecule has 0 saturated carbocycles. The zero-order valence-corrected chi connectivity index (χ0v) is 18.8. The zero-order chi connectivity index (χ0) is 23.8. The summed E-state index contributed by atoms with van der Waals surface area (Å²) < 4.78 is 11.2. The number of nitrogens with one attached hydrogen (secondary N) is 1. The van der Waals surface area contributed by atoms with Crippen LogP contribution in [0.25, 0.3) is 11.3 Å². The molecule has 0 unspecified atom stereocenters. The van der Waals surface area contributed by atoms with Gasteiger partial charge in [-0.05, 0) is 55.7 Å². The van der Waals surface area contributed by atoms with Gasteiger partial charge in [0.15, 0.2) is 0 Å². The van der Waals surface area contributed by atoms with E-state index in [1.807, 2.05) is 45.6 Å². The molecule has 174 valence electrons. The van der Waals surface area contributed by atoms with Crippen LogP contribution in [0.15, 0.2) is 84.2 Å². The lowest BCUT2D eigenvalue weighted by Gasteiger charge is -2.19. The van der Waals surface area contributed by atoms with Crippen molar-refractivity contribution in [1.29, 1.82) is 0 Å². The standard InChI is InChI=1S/C26H22N6O3/c33-24(22-21-8-4-5-15-31(21)32(26(22)34)19-6-2-1-3-7-19)29-18-9-11-20(12-10-18)35-25-23-27-13-16-30(23)17-14-28-25/h1-3,6-7,9-14,16-17H,4-5,8,15H2,(H,29,33). The van der Waals surface area contributed by atoms with Crippen molar-refractivity contribution in [2.24, 2.45) is 0 Å². The van der Waals surface area contributed by atoms with E-state index in [-0.39, 0.29) is 11.1 Å². The molecule has 0 fully saturated rings. The van der Waals surface area contributed by atoms with Gasteiger partial charge in [-0.2, -0.15) is 0 Å². The number of ether oxygens (including phenoxy) is 1. The van der Waals surface area contributed by atoms with E-state index in [2.05, 4.69) is 15.3 Å². The van der Waals surface area contributed by atoms with Crippen LogP contribution in [0.5, 0.6) is 11.6 Å². The number of carbonyl (C=O) groups excluding carboxylic acids is 1. The molecule has 1 aliphatic heterocycles. The molecule has 1 aliphatic rings. The van der Waals surface area contributed by atoms with Crippen molar-refractivity contribution in [3.05, 3.63) is 101 Å². The number of carbonyl (C=O) groups is 1. The van der Waals surface area contributed by atoms with Crippen LogP contribution in [-0.4, -0.2) is 29.6 Å². The summed E-state index contributed by atoms with van der Waals surface area (Å²) in [5.74, 6) is 0.531. The maximum Gasteiger partial charge on any atom is 0.284 e. The first-order chi connectivity index (χ1) is 17.2. The molecule has 0 aliphatic carbocycles. The van der Waals surface area contributed by atoms with Gasteiger partial charge in [-0.15, -0.1) is 0 Å². The summed E-state index contributed by atoms with van der Waals surface area (Å²) in [7, 11) is 0. The molecule has 4 heterocycles. The number of hydrogen-bond donors (Lipinski definition) is 1. The Labute approximate surface area is 200 Å². The lowest BCUT2D eigenvalue weighted by atomic mass is 10.1. The second kappa shape index (κ2) is 8.60. The van der Waals surface area contributed by atoms with Crippen molar-refractivity contribution in [2.75, 3.05) is 5.32 Å². The molecular weight excluding hydrogens is 444 g/mol. The van der Waals surface area contributed by atoms with E-state index in [4.69, 9.17) is 4.74 Å². The minimum atomic E-state index is -0.409. The third-order valence-corrected chi connectivity index (χ3v) is 6.11. The van der Waals surface area contributed by atoms with Gasteiger partial charge in [-0.3, -0.25) is 14.3 Å². The number of hydrogen-bond acceptors (Lipinski definition) is 5. The number of para-hydroxylation sites is 1. The molecule has 0 saturated heterocycles. The summed E-state index contributed by atoms with van der Waals surface area (Å²) in [5.41, 5.74) is 2.60. The Morgan fingerprint density at radius 2 is 1.71 bits per heavy atom. The van der Waals surface area contributed by atoms with Crippen molar-refractivity contribution >= 4 is 17.2 Å². The Bertz CT molecular complexity index is 1580. The highest BCUT2D eigenvalue weighted by Gasteiger charge is 2.27. The Morgan fingerprint density at radius 3 is 2.51 bits per heavy atom. The summed E-state index contributed by atoms with van der Waals surface area (Å²) in [6, 6.07) is 16.4. The van der Waals surface area contributed by atoms with Crippen molar-refractivity contribution in [3.63, 3.8) is 0 Å².